The quantitative estimate of drug-likeness (QED) is 0.0947. The zero-order valence-corrected chi connectivity index (χ0v) is 26.9. The summed E-state index contributed by atoms with van der Waals surface area (Å²) in [4.78, 5) is 44.6. The minimum absolute atomic E-state index is 0.0481. The number of hydrogen-bond donors (Lipinski definition) is 3. The van der Waals surface area contributed by atoms with Crippen LogP contribution in [0.4, 0.5) is 10.8 Å². The fourth-order valence-corrected chi connectivity index (χ4v) is 5.83. The molecule has 3 N–H and O–H groups in total. The minimum Gasteiger partial charge on any atom is -0.493 e. The van der Waals surface area contributed by atoms with E-state index in [4.69, 9.17) is 4.74 Å². The monoisotopic (exact) mass is 648 g/mol. The first kappa shape index (κ1) is 32.2. The van der Waals surface area contributed by atoms with Crippen molar-refractivity contribution in [1.82, 2.24) is 10.3 Å². The molecule has 0 aliphatic carbocycles. The lowest BCUT2D eigenvalue weighted by Gasteiger charge is -2.13. The van der Waals surface area contributed by atoms with E-state index in [9.17, 15) is 14.4 Å². The fraction of sp³-hybridized carbons (Fsp3) is 0.111. The van der Waals surface area contributed by atoms with E-state index in [1.165, 1.54) is 28.7 Å². The smallest absolute Gasteiger partial charge is 0.272 e. The second-order valence-electron chi connectivity index (χ2n) is 10.1. The Morgan fingerprint density at radius 2 is 1.65 bits per heavy atom. The van der Waals surface area contributed by atoms with Crippen molar-refractivity contribution < 1.29 is 19.1 Å². The zero-order valence-electron chi connectivity index (χ0n) is 25.3. The number of benzene rings is 4. The van der Waals surface area contributed by atoms with E-state index in [0.717, 1.165) is 16.2 Å². The number of nitrogens with zero attached hydrogens (tertiary/aromatic N) is 1. The first-order chi connectivity index (χ1) is 22.4. The van der Waals surface area contributed by atoms with Crippen LogP contribution in [0.3, 0.4) is 0 Å². The average Bonchev–Trinajstić information content (AvgIpc) is 3.53. The summed E-state index contributed by atoms with van der Waals surface area (Å²) in [6, 6.07) is 31.2. The van der Waals surface area contributed by atoms with Gasteiger partial charge >= 0.3 is 0 Å². The van der Waals surface area contributed by atoms with Gasteiger partial charge in [-0.3, -0.25) is 14.4 Å². The van der Waals surface area contributed by atoms with Gasteiger partial charge in [0.25, 0.3) is 11.8 Å². The lowest BCUT2D eigenvalue weighted by Crippen LogP contribution is -2.30. The van der Waals surface area contributed by atoms with E-state index in [-0.39, 0.29) is 17.4 Å². The lowest BCUT2D eigenvalue weighted by atomic mass is 10.1. The molecule has 0 radical (unpaired) electrons. The van der Waals surface area contributed by atoms with E-state index in [2.05, 4.69) is 20.9 Å². The van der Waals surface area contributed by atoms with Crippen molar-refractivity contribution >= 4 is 57.7 Å². The summed E-state index contributed by atoms with van der Waals surface area (Å²) < 4.78 is 5.72. The number of amides is 3. The summed E-state index contributed by atoms with van der Waals surface area (Å²) in [6.07, 6.45) is 1.59. The van der Waals surface area contributed by atoms with Crippen LogP contribution in [0.5, 0.6) is 5.75 Å². The Labute approximate surface area is 275 Å². The van der Waals surface area contributed by atoms with Crippen LogP contribution in [-0.4, -0.2) is 35.1 Å². The number of hydrogen-bond acceptors (Lipinski definition) is 7. The van der Waals surface area contributed by atoms with Gasteiger partial charge in [-0.25, -0.2) is 4.98 Å². The van der Waals surface area contributed by atoms with E-state index in [1.54, 1.807) is 54.6 Å². The summed E-state index contributed by atoms with van der Waals surface area (Å²) >= 11 is 2.71. The van der Waals surface area contributed by atoms with Gasteiger partial charge < -0.3 is 20.7 Å². The molecule has 1 heterocycles. The molecule has 0 unspecified atom stereocenters. The topological polar surface area (TPSA) is 109 Å². The van der Waals surface area contributed by atoms with Crippen molar-refractivity contribution in [3.05, 3.63) is 131 Å². The normalized spacial score (nSPS) is 11.0. The standard InChI is InChI=1S/C36H32N4O4S2/c1-3-44-32-15-8-7-12-27(32)20-30(38-34(42)26-10-5-4-6-11-26)35(43)37-28-13-9-14-29(21-28)45-23-33(41)40-36-39-31(22-46-36)25-18-16-24(2)17-19-25/h4-22H,3,23H2,1-2H3,(H,37,43)(H,38,42)(H,39,40,41)/b30-20+. The third-order valence-electron chi connectivity index (χ3n) is 6.61. The number of para-hydroxylation sites is 1. The first-order valence-electron chi connectivity index (χ1n) is 14.5. The van der Waals surface area contributed by atoms with Crippen molar-refractivity contribution in [2.24, 2.45) is 0 Å². The number of nitrogens with one attached hydrogen (secondary N) is 3. The molecule has 0 aliphatic rings. The average molecular weight is 649 g/mol. The number of thiazole rings is 1. The van der Waals surface area contributed by atoms with Crippen LogP contribution in [0.15, 0.2) is 119 Å². The molecule has 1 aromatic heterocycles. The summed E-state index contributed by atoms with van der Waals surface area (Å²) in [5.74, 6) is -0.374. The SMILES string of the molecule is CCOc1ccccc1/C=C(/NC(=O)c1ccccc1)C(=O)Nc1cccc(SCC(=O)Nc2nc(-c3ccc(C)cc3)cs2)c1. The highest BCUT2D eigenvalue weighted by molar-refractivity contribution is 8.00. The number of carbonyl (C=O) groups is 3. The molecule has 0 bridgehead atoms. The summed E-state index contributed by atoms with van der Waals surface area (Å²) in [5, 5.41) is 10.9. The third-order valence-corrected chi connectivity index (χ3v) is 8.36. The second-order valence-corrected chi connectivity index (χ2v) is 12.0. The molecule has 46 heavy (non-hydrogen) atoms. The Kier molecular flexibility index (Phi) is 11.0. The maximum atomic E-state index is 13.5. The molecule has 4 aromatic carbocycles. The Morgan fingerprint density at radius 3 is 2.43 bits per heavy atom. The molecule has 3 amide bonds. The number of ether oxygens (including phenoxy) is 1. The molecule has 5 rings (SSSR count). The highest BCUT2D eigenvalue weighted by Crippen LogP contribution is 2.27. The van der Waals surface area contributed by atoms with Gasteiger partial charge in [-0.05, 0) is 56.3 Å². The first-order valence-corrected chi connectivity index (χ1v) is 16.4. The highest BCUT2D eigenvalue weighted by atomic mass is 32.2. The van der Waals surface area contributed by atoms with Gasteiger partial charge in [0.2, 0.25) is 5.91 Å². The van der Waals surface area contributed by atoms with Crippen LogP contribution in [0.1, 0.15) is 28.4 Å². The van der Waals surface area contributed by atoms with Crippen LogP contribution < -0.4 is 20.7 Å². The molecule has 8 nitrogen and oxygen atoms in total. The van der Waals surface area contributed by atoms with Gasteiger partial charge in [0.15, 0.2) is 5.13 Å². The van der Waals surface area contributed by atoms with Crippen molar-refractivity contribution in [2.75, 3.05) is 23.0 Å². The van der Waals surface area contributed by atoms with Crippen molar-refractivity contribution in [3.8, 4) is 17.0 Å². The van der Waals surface area contributed by atoms with Crippen LogP contribution in [0, 0.1) is 6.92 Å². The van der Waals surface area contributed by atoms with Crippen molar-refractivity contribution in [3.63, 3.8) is 0 Å². The fourth-order valence-electron chi connectivity index (χ4n) is 4.34. The zero-order chi connectivity index (χ0) is 32.3. The van der Waals surface area contributed by atoms with Gasteiger partial charge in [-0.15, -0.1) is 23.1 Å². The molecule has 0 saturated heterocycles. The minimum atomic E-state index is -0.511. The molecule has 0 aliphatic heterocycles. The number of carbonyl (C=O) groups excluding carboxylic acids is 3. The number of thioether (sulfide) groups is 1. The molecule has 0 atom stereocenters. The maximum Gasteiger partial charge on any atom is 0.272 e. The maximum absolute atomic E-state index is 13.5. The Bertz CT molecular complexity index is 1850. The number of aryl methyl sites for hydroxylation is 1. The molecular weight excluding hydrogens is 617 g/mol. The third kappa shape index (κ3) is 8.93. The summed E-state index contributed by atoms with van der Waals surface area (Å²) in [5.41, 5.74) is 4.59. The van der Waals surface area contributed by atoms with E-state index in [0.29, 0.717) is 34.3 Å². The second kappa shape index (κ2) is 15.7. The predicted octanol–water partition coefficient (Wildman–Crippen LogP) is 7.66. The van der Waals surface area contributed by atoms with Gasteiger partial charge in [-0.1, -0.05) is 72.3 Å². The van der Waals surface area contributed by atoms with Gasteiger partial charge in [0, 0.05) is 32.7 Å². The van der Waals surface area contributed by atoms with E-state index in [1.807, 2.05) is 73.8 Å². The highest BCUT2D eigenvalue weighted by Gasteiger charge is 2.17. The van der Waals surface area contributed by atoms with E-state index < -0.39 is 11.8 Å². The molecule has 232 valence electrons. The molecule has 5 aromatic rings. The molecule has 10 heteroatoms. The summed E-state index contributed by atoms with van der Waals surface area (Å²) in [7, 11) is 0. The predicted molar refractivity (Wildman–Crippen MR) is 186 cm³/mol. The Hall–Kier alpha value is -5.19. The van der Waals surface area contributed by atoms with Gasteiger partial charge in [0.05, 0.1) is 18.1 Å². The van der Waals surface area contributed by atoms with Crippen molar-refractivity contribution in [2.45, 2.75) is 18.7 Å². The van der Waals surface area contributed by atoms with Crippen LogP contribution >= 0.6 is 23.1 Å². The Balaban J connectivity index is 1.25. The molecular formula is C36H32N4O4S2. The largest absolute Gasteiger partial charge is 0.493 e. The number of rotatable bonds is 12. The van der Waals surface area contributed by atoms with E-state index >= 15 is 0 Å². The molecule has 0 saturated carbocycles. The Morgan fingerprint density at radius 1 is 0.891 bits per heavy atom. The van der Waals surface area contributed by atoms with Crippen LogP contribution in [0.2, 0.25) is 0 Å². The van der Waals surface area contributed by atoms with Crippen LogP contribution in [-0.2, 0) is 9.59 Å². The van der Waals surface area contributed by atoms with Crippen LogP contribution in [0.25, 0.3) is 17.3 Å². The molecule has 0 fully saturated rings. The number of anilines is 2. The molecule has 0 spiro atoms. The van der Waals surface area contributed by atoms with Gasteiger partial charge in [-0.2, -0.15) is 0 Å². The summed E-state index contributed by atoms with van der Waals surface area (Å²) in [6.45, 7) is 4.36. The number of aromatic nitrogens is 1. The van der Waals surface area contributed by atoms with Gasteiger partial charge in [0.1, 0.15) is 11.4 Å². The lowest BCUT2D eigenvalue weighted by molar-refractivity contribution is -0.114. The van der Waals surface area contributed by atoms with Crippen molar-refractivity contribution in [1.29, 1.82) is 0 Å².